The summed E-state index contributed by atoms with van der Waals surface area (Å²) in [4.78, 5) is 0. The van der Waals surface area contributed by atoms with E-state index in [1.54, 1.807) is 0 Å². The number of halogens is 1. The Morgan fingerprint density at radius 2 is 2.06 bits per heavy atom. The molecule has 0 radical (unpaired) electrons. The zero-order chi connectivity index (χ0) is 12.8. The molecule has 0 aliphatic rings. The van der Waals surface area contributed by atoms with Crippen molar-refractivity contribution in [1.29, 1.82) is 0 Å². The summed E-state index contributed by atoms with van der Waals surface area (Å²) in [5.41, 5.74) is 2.44. The Hall–Kier alpha value is -0.530. The zero-order valence-electron chi connectivity index (χ0n) is 11.4. The van der Waals surface area contributed by atoms with Gasteiger partial charge in [-0.15, -0.1) is 0 Å². The van der Waals surface area contributed by atoms with Crippen molar-refractivity contribution in [1.82, 2.24) is 5.32 Å². The second kappa shape index (κ2) is 7.03. The Morgan fingerprint density at radius 3 is 2.59 bits per heavy atom. The number of nitrogens with one attached hydrogen (secondary N) is 1. The van der Waals surface area contributed by atoms with Gasteiger partial charge >= 0.3 is 0 Å². The van der Waals surface area contributed by atoms with Crippen molar-refractivity contribution in [3.63, 3.8) is 0 Å². The van der Waals surface area contributed by atoms with Gasteiger partial charge in [0.1, 0.15) is 0 Å². The molecule has 0 saturated heterocycles. The van der Waals surface area contributed by atoms with E-state index < -0.39 is 0 Å². The van der Waals surface area contributed by atoms with Crippen LogP contribution in [0.5, 0.6) is 0 Å². The molecule has 2 unspecified atom stereocenters. The summed E-state index contributed by atoms with van der Waals surface area (Å²) in [6.45, 7) is 6.63. The Labute approximate surface area is 111 Å². The predicted molar refractivity (Wildman–Crippen MR) is 76.7 cm³/mol. The first kappa shape index (κ1) is 14.5. The Balaban J connectivity index is 2.79. The van der Waals surface area contributed by atoms with Crippen LogP contribution in [-0.2, 0) is 0 Å². The second-order valence-electron chi connectivity index (χ2n) is 5.00. The molecule has 0 aromatic heterocycles. The largest absolute Gasteiger partial charge is 0.313 e. The molecule has 0 fully saturated rings. The van der Waals surface area contributed by atoms with Gasteiger partial charge in [-0.2, -0.15) is 0 Å². The molecule has 1 nitrogen and oxygen atoms in total. The van der Waals surface area contributed by atoms with E-state index in [2.05, 4.69) is 38.2 Å². The average Bonchev–Trinajstić information content (AvgIpc) is 2.27. The summed E-state index contributed by atoms with van der Waals surface area (Å²) in [7, 11) is 2.01. The minimum absolute atomic E-state index is 0.365. The maximum atomic E-state index is 6.32. The molecular weight excluding hydrogens is 230 g/mol. The molecule has 0 amide bonds. The van der Waals surface area contributed by atoms with Gasteiger partial charge in [0, 0.05) is 11.1 Å². The molecule has 1 aromatic carbocycles. The van der Waals surface area contributed by atoms with Gasteiger partial charge in [-0.1, -0.05) is 50.4 Å². The molecule has 0 aliphatic carbocycles. The number of aryl methyl sites for hydroxylation is 1. The molecule has 1 aromatic rings. The lowest BCUT2D eigenvalue weighted by atomic mass is 9.92. The van der Waals surface area contributed by atoms with Gasteiger partial charge in [0.15, 0.2) is 0 Å². The van der Waals surface area contributed by atoms with Crippen LogP contribution in [0.1, 0.15) is 50.3 Å². The van der Waals surface area contributed by atoms with Gasteiger partial charge in [0.25, 0.3) is 0 Å². The van der Waals surface area contributed by atoms with Crippen LogP contribution in [0.4, 0.5) is 0 Å². The van der Waals surface area contributed by atoms with E-state index in [1.807, 2.05) is 13.1 Å². The van der Waals surface area contributed by atoms with Crippen molar-refractivity contribution in [2.75, 3.05) is 7.05 Å². The van der Waals surface area contributed by atoms with Crippen LogP contribution in [-0.4, -0.2) is 7.05 Å². The van der Waals surface area contributed by atoms with Crippen LogP contribution < -0.4 is 5.32 Å². The molecule has 17 heavy (non-hydrogen) atoms. The van der Waals surface area contributed by atoms with Crippen molar-refractivity contribution < 1.29 is 0 Å². The van der Waals surface area contributed by atoms with Gasteiger partial charge in [-0.3, -0.25) is 0 Å². The van der Waals surface area contributed by atoms with Crippen molar-refractivity contribution in [2.45, 2.75) is 46.1 Å². The summed E-state index contributed by atoms with van der Waals surface area (Å²) in [5.74, 6) is 0.731. The van der Waals surface area contributed by atoms with Gasteiger partial charge in [0.2, 0.25) is 0 Å². The Bertz CT molecular complexity index is 349. The summed E-state index contributed by atoms with van der Waals surface area (Å²) in [6, 6.07) is 6.70. The molecule has 0 aliphatic heterocycles. The summed E-state index contributed by atoms with van der Waals surface area (Å²) < 4.78 is 0. The number of hydrogen-bond acceptors (Lipinski definition) is 1. The first-order valence-corrected chi connectivity index (χ1v) is 6.89. The quantitative estimate of drug-likeness (QED) is 0.773. The fraction of sp³-hybridized carbons (Fsp3) is 0.600. The maximum Gasteiger partial charge on any atom is 0.0456 e. The first-order valence-electron chi connectivity index (χ1n) is 6.51. The smallest absolute Gasteiger partial charge is 0.0456 e. The van der Waals surface area contributed by atoms with E-state index in [1.165, 1.54) is 24.0 Å². The highest BCUT2D eigenvalue weighted by Crippen LogP contribution is 2.29. The monoisotopic (exact) mass is 253 g/mol. The number of benzene rings is 1. The molecule has 0 saturated carbocycles. The average molecular weight is 254 g/mol. The molecule has 0 spiro atoms. The van der Waals surface area contributed by atoms with Crippen LogP contribution in [0.2, 0.25) is 5.02 Å². The third kappa shape index (κ3) is 4.33. The van der Waals surface area contributed by atoms with E-state index >= 15 is 0 Å². The second-order valence-corrected chi connectivity index (χ2v) is 5.40. The molecule has 2 atom stereocenters. The molecule has 0 heterocycles. The highest BCUT2D eigenvalue weighted by atomic mass is 35.5. The lowest BCUT2D eigenvalue weighted by Crippen LogP contribution is -2.19. The van der Waals surface area contributed by atoms with Gasteiger partial charge in [-0.05, 0) is 43.5 Å². The number of hydrogen-bond donors (Lipinski definition) is 1. The van der Waals surface area contributed by atoms with Crippen LogP contribution in [0, 0.1) is 12.8 Å². The fourth-order valence-corrected chi connectivity index (χ4v) is 2.69. The van der Waals surface area contributed by atoms with Gasteiger partial charge < -0.3 is 5.32 Å². The van der Waals surface area contributed by atoms with Crippen molar-refractivity contribution in [3.05, 3.63) is 34.3 Å². The highest BCUT2D eigenvalue weighted by Gasteiger charge is 2.15. The van der Waals surface area contributed by atoms with E-state index in [-0.39, 0.29) is 0 Å². The third-order valence-electron chi connectivity index (χ3n) is 3.30. The standard InChI is InChI=1S/C15H24ClN/c1-5-6-11(2)10-15(17-4)13-8-7-12(3)9-14(13)16/h7-9,11,15,17H,5-6,10H2,1-4H3. The molecule has 1 N–H and O–H groups in total. The number of rotatable bonds is 6. The highest BCUT2D eigenvalue weighted by molar-refractivity contribution is 6.31. The fourth-order valence-electron chi connectivity index (χ4n) is 2.33. The van der Waals surface area contributed by atoms with Crippen LogP contribution in [0.15, 0.2) is 18.2 Å². The minimum atomic E-state index is 0.365. The molecular formula is C15H24ClN. The van der Waals surface area contributed by atoms with Crippen LogP contribution in [0.3, 0.4) is 0 Å². The molecule has 1 rings (SSSR count). The van der Waals surface area contributed by atoms with Gasteiger partial charge in [-0.25, -0.2) is 0 Å². The zero-order valence-corrected chi connectivity index (χ0v) is 12.1. The summed E-state index contributed by atoms with van der Waals surface area (Å²) in [5, 5.41) is 4.27. The lowest BCUT2D eigenvalue weighted by Gasteiger charge is -2.22. The SMILES string of the molecule is CCCC(C)CC(NC)c1ccc(C)cc1Cl. The van der Waals surface area contributed by atoms with E-state index in [9.17, 15) is 0 Å². The van der Waals surface area contributed by atoms with Crippen molar-refractivity contribution in [3.8, 4) is 0 Å². The van der Waals surface area contributed by atoms with Crippen molar-refractivity contribution >= 4 is 11.6 Å². The van der Waals surface area contributed by atoms with Crippen LogP contribution in [0.25, 0.3) is 0 Å². The van der Waals surface area contributed by atoms with Crippen molar-refractivity contribution in [2.24, 2.45) is 5.92 Å². The summed E-state index contributed by atoms with van der Waals surface area (Å²) >= 11 is 6.32. The maximum absolute atomic E-state index is 6.32. The molecule has 96 valence electrons. The Morgan fingerprint density at radius 1 is 1.35 bits per heavy atom. The lowest BCUT2D eigenvalue weighted by molar-refractivity contribution is 0.407. The van der Waals surface area contributed by atoms with E-state index in [0.717, 1.165) is 17.4 Å². The Kier molecular flexibility index (Phi) is 6.01. The third-order valence-corrected chi connectivity index (χ3v) is 3.63. The van der Waals surface area contributed by atoms with Crippen LogP contribution >= 0.6 is 11.6 Å². The van der Waals surface area contributed by atoms with E-state index in [0.29, 0.717) is 6.04 Å². The molecule has 0 bridgehead atoms. The predicted octanol–water partition coefficient (Wildman–Crippen LogP) is 4.74. The first-order chi connectivity index (χ1) is 8.08. The van der Waals surface area contributed by atoms with Gasteiger partial charge in [0.05, 0.1) is 0 Å². The summed E-state index contributed by atoms with van der Waals surface area (Å²) in [6.07, 6.45) is 3.67. The molecule has 2 heteroatoms. The van der Waals surface area contributed by atoms with E-state index in [4.69, 9.17) is 11.6 Å². The normalized spacial score (nSPS) is 14.6. The topological polar surface area (TPSA) is 12.0 Å². The minimum Gasteiger partial charge on any atom is -0.313 e.